The molecular weight excluding hydrogens is 415 g/mol. The van der Waals surface area contributed by atoms with Crippen molar-refractivity contribution in [2.45, 2.75) is 19.0 Å². The number of rotatable bonds is 3. The molecule has 2 aliphatic rings. The molecule has 4 rings (SSSR count). The van der Waals surface area contributed by atoms with E-state index in [1.165, 1.54) is 25.1 Å². The fourth-order valence-electron chi connectivity index (χ4n) is 3.34. The lowest BCUT2D eigenvalue weighted by atomic mass is 9.91. The van der Waals surface area contributed by atoms with E-state index in [9.17, 15) is 31.5 Å². The summed E-state index contributed by atoms with van der Waals surface area (Å²) in [7, 11) is 0. The van der Waals surface area contributed by atoms with Crippen molar-refractivity contribution in [3.8, 4) is 11.5 Å². The highest BCUT2D eigenvalue weighted by molar-refractivity contribution is 6.07. The van der Waals surface area contributed by atoms with Crippen molar-refractivity contribution >= 4 is 11.9 Å². The standard InChI is InChI=1S/C19H13F5N2O4/c1-19(8-2-3-10-11(6-8)30-5-4-29-10)17(27)26(18(28)25-19)7-9-12(20)14(22)16(24)15(23)13(9)21/h2-3,6H,4-5,7H2,1H3,(H,25,28). The number of halogens is 5. The molecule has 0 radical (unpaired) electrons. The van der Waals surface area contributed by atoms with Crippen LogP contribution in [0.3, 0.4) is 0 Å². The molecule has 0 saturated carbocycles. The summed E-state index contributed by atoms with van der Waals surface area (Å²) >= 11 is 0. The minimum atomic E-state index is -2.33. The van der Waals surface area contributed by atoms with Gasteiger partial charge in [0.25, 0.3) is 5.91 Å². The van der Waals surface area contributed by atoms with Crippen LogP contribution in [0.4, 0.5) is 26.7 Å². The molecule has 0 aliphatic carbocycles. The Morgan fingerprint density at radius 1 is 0.933 bits per heavy atom. The summed E-state index contributed by atoms with van der Waals surface area (Å²) in [5, 5.41) is 2.39. The van der Waals surface area contributed by atoms with Crippen LogP contribution in [0.15, 0.2) is 18.2 Å². The topological polar surface area (TPSA) is 67.9 Å². The third kappa shape index (κ3) is 2.84. The second-order valence-electron chi connectivity index (χ2n) is 6.85. The molecule has 0 spiro atoms. The molecule has 2 aromatic rings. The van der Waals surface area contributed by atoms with Gasteiger partial charge in [0.2, 0.25) is 5.82 Å². The Kier molecular flexibility index (Phi) is 4.55. The van der Waals surface area contributed by atoms with Crippen molar-refractivity contribution in [3.63, 3.8) is 0 Å². The molecule has 3 amide bonds. The number of carbonyl (C=O) groups is 2. The van der Waals surface area contributed by atoms with Gasteiger partial charge in [-0.25, -0.2) is 26.7 Å². The average molecular weight is 428 g/mol. The van der Waals surface area contributed by atoms with Crippen LogP contribution in [0.25, 0.3) is 0 Å². The van der Waals surface area contributed by atoms with E-state index in [-0.39, 0.29) is 12.2 Å². The molecule has 1 unspecified atom stereocenters. The van der Waals surface area contributed by atoms with Crippen LogP contribution in [0.1, 0.15) is 18.1 Å². The second kappa shape index (κ2) is 6.85. The Morgan fingerprint density at radius 3 is 2.13 bits per heavy atom. The molecular formula is C19H13F5N2O4. The Hall–Kier alpha value is -3.37. The van der Waals surface area contributed by atoms with Gasteiger partial charge in [-0.15, -0.1) is 0 Å². The first-order valence-electron chi connectivity index (χ1n) is 8.69. The highest BCUT2D eigenvalue weighted by Crippen LogP contribution is 2.37. The van der Waals surface area contributed by atoms with Crippen LogP contribution in [-0.4, -0.2) is 30.1 Å². The number of fused-ring (bicyclic) bond motifs is 1. The number of amides is 3. The van der Waals surface area contributed by atoms with Gasteiger partial charge < -0.3 is 14.8 Å². The zero-order chi connectivity index (χ0) is 21.8. The Balaban J connectivity index is 1.69. The van der Waals surface area contributed by atoms with Gasteiger partial charge in [-0.1, -0.05) is 6.07 Å². The van der Waals surface area contributed by atoms with Gasteiger partial charge in [0.1, 0.15) is 18.8 Å². The number of ether oxygens (including phenoxy) is 2. The number of benzene rings is 2. The molecule has 1 saturated heterocycles. The van der Waals surface area contributed by atoms with Crippen molar-refractivity contribution < 1.29 is 41.0 Å². The van der Waals surface area contributed by atoms with E-state index in [1.54, 1.807) is 0 Å². The van der Waals surface area contributed by atoms with E-state index < -0.39 is 58.7 Å². The summed E-state index contributed by atoms with van der Waals surface area (Å²) in [5.41, 5.74) is -2.66. The summed E-state index contributed by atoms with van der Waals surface area (Å²) in [5.74, 6) is -11.0. The number of nitrogens with one attached hydrogen (secondary N) is 1. The van der Waals surface area contributed by atoms with Crippen LogP contribution in [0, 0.1) is 29.1 Å². The van der Waals surface area contributed by atoms with Crippen LogP contribution < -0.4 is 14.8 Å². The fourth-order valence-corrected chi connectivity index (χ4v) is 3.34. The molecule has 6 nitrogen and oxygen atoms in total. The molecule has 1 fully saturated rings. The summed E-state index contributed by atoms with van der Waals surface area (Å²) in [6.07, 6.45) is 0. The summed E-state index contributed by atoms with van der Waals surface area (Å²) in [6.45, 7) is 0.822. The van der Waals surface area contributed by atoms with E-state index in [0.29, 0.717) is 23.0 Å². The average Bonchev–Trinajstić information content (AvgIpc) is 2.97. The maximum Gasteiger partial charge on any atom is 0.325 e. The third-order valence-electron chi connectivity index (χ3n) is 5.01. The van der Waals surface area contributed by atoms with Crippen molar-refractivity contribution in [1.82, 2.24) is 10.2 Å². The maximum atomic E-state index is 14.0. The number of imide groups is 1. The lowest BCUT2D eigenvalue weighted by Gasteiger charge is -2.25. The predicted molar refractivity (Wildman–Crippen MR) is 90.1 cm³/mol. The fraction of sp³-hybridized carbons (Fsp3) is 0.263. The minimum Gasteiger partial charge on any atom is -0.486 e. The van der Waals surface area contributed by atoms with Crippen LogP contribution in [0.2, 0.25) is 0 Å². The zero-order valence-corrected chi connectivity index (χ0v) is 15.3. The number of hydrogen-bond donors (Lipinski definition) is 1. The van der Waals surface area contributed by atoms with E-state index in [0.717, 1.165) is 0 Å². The number of urea groups is 1. The third-order valence-corrected chi connectivity index (χ3v) is 5.01. The maximum absolute atomic E-state index is 14.0. The van der Waals surface area contributed by atoms with E-state index in [2.05, 4.69) is 5.32 Å². The normalized spacial score (nSPS) is 20.5. The molecule has 1 N–H and O–H groups in total. The summed E-state index contributed by atoms with van der Waals surface area (Å²) in [6, 6.07) is 3.44. The Morgan fingerprint density at radius 2 is 1.50 bits per heavy atom. The lowest BCUT2D eigenvalue weighted by molar-refractivity contribution is -0.131. The Labute approximate surface area is 166 Å². The first-order chi connectivity index (χ1) is 14.1. The molecule has 30 heavy (non-hydrogen) atoms. The van der Waals surface area contributed by atoms with E-state index in [4.69, 9.17) is 9.47 Å². The Bertz CT molecular complexity index is 1060. The van der Waals surface area contributed by atoms with E-state index >= 15 is 0 Å². The van der Waals surface area contributed by atoms with Crippen molar-refractivity contribution in [3.05, 3.63) is 58.4 Å². The number of carbonyl (C=O) groups excluding carboxylic acids is 2. The van der Waals surface area contributed by atoms with Gasteiger partial charge in [0.05, 0.1) is 6.54 Å². The SMILES string of the molecule is CC1(c2ccc3c(c2)OCCO3)NC(=O)N(Cc2c(F)c(F)c(F)c(F)c2F)C1=O. The van der Waals surface area contributed by atoms with Gasteiger partial charge in [-0.2, -0.15) is 0 Å². The van der Waals surface area contributed by atoms with Crippen molar-refractivity contribution in [1.29, 1.82) is 0 Å². The van der Waals surface area contributed by atoms with Gasteiger partial charge in [0.15, 0.2) is 34.8 Å². The van der Waals surface area contributed by atoms with Crippen LogP contribution in [0.5, 0.6) is 11.5 Å². The molecule has 158 valence electrons. The molecule has 2 aliphatic heterocycles. The van der Waals surface area contributed by atoms with Gasteiger partial charge >= 0.3 is 6.03 Å². The monoisotopic (exact) mass is 428 g/mol. The van der Waals surface area contributed by atoms with Crippen molar-refractivity contribution in [2.75, 3.05) is 13.2 Å². The van der Waals surface area contributed by atoms with Gasteiger partial charge in [0, 0.05) is 5.56 Å². The molecule has 0 bridgehead atoms. The van der Waals surface area contributed by atoms with Crippen molar-refractivity contribution in [2.24, 2.45) is 0 Å². The lowest BCUT2D eigenvalue weighted by Crippen LogP contribution is -2.41. The highest BCUT2D eigenvalue weighted by Gasteiger charge is 2.50. The minimum absolute atomic E-state index is 0.278. The van der Waals surface area contributed by atoms with Crippen LogP contribution >= 0.6 is 0 Å². The number of hydrogen-bond acceptors (Lipinski definition) is 4. The first-order valence-corrected chi connectivity index (χ1v) is 8.69. The largest absolute Gasteiger partial charge is 0.486 e. The summed E-state index contributed by atoms with van der Waals surface area (Å²) < 4.78 is 79.0. The smallest absolute Gasteiger partial charge is 0.325 e. The molecule has 2 heterocycles. The quantitative estimate of drug-likeness (QED) is 0.353. The first kappa shape index (κ1) is 19.9. The molecule has 11 heteroatoms. The molecule has 2 aromatic carbocycles. The number of nitrogens with zero attached hydrogens (tertiary/aromatic N) is 1. The van der Waals surface area contributed by atoms with E-state index in [1.807, 2.05) is 0 Å². The summed E-state index contributed by atoms with van der Waals surface area (Å²) in [4.78, 5) is 25.7. The van der Waals surface area contributed by atoms with Gasteiger partial charge in [-0.3, -0.25) is 9.69 Å². The molecule has 0 aromatic heterocycles. The zero-order valence-electron chi connectivity index (χ0n) is 15.3. The predicted octanol–water partition coefficient (Wildman–Crippen LogP) is 3.12. The van der Waals surface area contributed by atoms with Crippen LogP contribution in [-0.2, 0) is 16.9 Å². The highest BCUT2D eigenvalue weighted by atomic mass is 19.2. The molecule has 1 atom stereocenters. The second-order valence-corrected chi connectivity index (χ2v) is 6.85. The van der Waals surface area contributed by atoms with Gasteiger partial charge in [-0.05, 0) is 24.6 Å².